The van der Waals surface area contributed by atoms with Crippen LogP contribution in [0.4, 0.5) is 4.79 Å². The first-order chi connectivity index (χ1) is 16.5. The van der Waals surface area contributed by atoms with E-state index in [0.29, 0.717) is 43.2 Å². The Morgan fingerprint density at radius 2 is 1.66 bits per heavy atom. The van der Waals surface area contributed by atoms with Crippen LogP contribution in [0.3, 0.4) is 0 Å². The second kappa shape index (κ2) is 12.2. The third-order valence-corrected chi connectivity index (χ3v) is 7.65. The molecule has 2 fully saturated rings. The summed E-state index contributed by atoms with van der Waals surface area (Å²) in [5.41, 5.74) is 0.856. The number of nitrogens with zero attached hydrogens (tertiary/aromatic N) is 3. The van der Waals surface area contributed by atoms with Gasteiger partial charge in [0, 0.05) is 51.7 Å². The number of carbonyl (C=O) groups excluding carboxylic acids is 2. The first kappa shape index (κ1) is 27.5. The molecule has 0 bridgehead atoms. The van der Waals surface area contributed by atoms with E-state index in [2.05, 4.69) is 60.9 Å². The summed E-state index contributed by atoms with van der Waals surface area (Å²) < 4.78 is 5.52. The van der Waals surface area contributed by atoms with Crippen LogP contribution in [0.2, 0.25) is 0 Å². The number of likely N-dealkylation sites (tertiary alicyclic amines) is 1. The highest BCUT2D eigenvalue weighted by molar-refractivity contribution is 5.77. The molecule has 2 amide bonds. The van der Waals surface area contributed by atoms with Crippen LogP contribution in [0.25, 0.3) is 0 Å². The van der Waals surface area contributed by atoms with E-state index >= 15 is 0 Å². The summed E-state index contributed by atoms with van der Waals surface area (Å²) in [7, 11) is 0. The molecule has 35 heavy (non-hydrogen) atoms. The van der Waals surface area contributed by atoms with Crippen LogP contribution < -0.4 is 0 Å². The predicted molar refractivity (Wildman–Crippen MR) is 141 cm³/mol. The molecule has 0 aliphatic carbocycles. The predicted octanol–water partition coefficient (Wildman–Crippen LogP) is 5.42. The third-order valence-electron chi connectivity index (χ3n) is 7.65. The van der Waals surface area contributed by atoms with Crippen molar-refractivity contribution >= 4 is 12.0 Å². The fourth-order valence-corrected chi connectivity index (χ4v) is 5.15. The highest BCUT2D eigenvalue weighted by Crippen LogP contribution is 2.27. The number of ether oxygens (including phenoxy) is 1. The van der Waals surface area contributed by atoms with Gasteiger partial charge in [-0.3, -0.25) is 9.69 Å². The van der Waals surface area contributed by atoms with Gasteiger partial charge in [-0.2, -0.15) is 0 Å². The third kappa shape index (κ3) is 8.52. The topological polar surface area (TPSA) is 53.1 Å². The zero-order valence-electron chi connectivity index (χ0n) is 22.8. The number of piperazine rings is 1. The molecule has 1 unspecified atom stereocenters. The molecule has 2 saturated heterocycles. The Morgan fingerprint density at radius 1 is 1.00 bits per heavy atom. The Morgan fingerprint density at radius 3 is 2.26 bits per heavy atom. The van der Waals surface area contributed by atoms with Crippen LogP contribution in [-0.4, -0.2) is 71.1 Å². The van der Waals surface area contributed by atoms with Crippen molar-refractivity contribution in [2.75, 3.05) is 32.7 Å². The Bertz CT molecular complexity index is 812. The van der Waals surface area contributed by atoms with Gasteiger partial charge in [0.15, 0.2) is 0 Å². The fraction of sp³-hybridized carbons (Fsp3) is 0.724. The molecule has 0 N–H and O–H groups in total. The van der Waals surface area contributed by atoms with Gasteiger partial charge >= 0.3 is 6.09 Å². The Labute approximate surface area is 213 Å². The lowest BCUT2D eigenvalue weighted by Crippen LogP contribution is -2.55. The van der Waals surface area contributed by atoms with E-state index in [-0.39, 0.29) is 12.1 Å². The molecular weight excluding hydrogens is 438 g/mol. The van der Waals surface area contributed by atoms with Crippen LogP contribution in [0, 0.1) is 17.8 Å². The maximum absolute atomic E-state index is 13.5. The number of piperidine rings is 1. The molecule has 2 atom stereocenters. The summed E-state index contributed by atoms with van der Waals surface area (Å²) in [6.45, 7) is 17.5. The highest BCUT2D eigenvalue weighted by Gasteiger charge is 2.34. The fourth-order valence-electron chi connectivity index (χ4n) is 5.15. The van der Waals surface area contributed by atoms with Gasteiger partial charge < -0.3 is 14.5 Å². The Hall–Kier alpha value is -2.08. The number of rotatable bonds is 7. The number of hydrogen-bond donors (Lipinski definition) is 0. The summed E-state index contributed by atoms with van der Waals surface area (Å²) in [4.78, 5) is 32.4. The monoisotopic (exact) mass is 485 g/mol. The van der Waals surface area contributed by atoms with Crippen molar-refractivity contribution in [1.82, 2.24) is 14.7 Å². The Balaban J connectivity index is 1.56. The minimum Gasteiger partial charge on any atom is -0.444 e. The van der Waals surface area contributed by atoms with Crippen LogP contribution in [0.1, 0.15) is 72.8 Å². The van der Waals surface area contributed by atoms with Gasteiger partial charge in [-0.05, 0) is 63.4 Å². The van der Waals surface area contributed by atoms with E-state index in [0.717, 1.165) is 45.4 Å². The van der Waals surface area contributed by atoms with Crippen LogP contribution in [0.15, 0.2) is 30.3 Å². The van der Waals surface area contributed by atoms with Crippen LogP contribution in [0.5, 0.6) is 0 Å². The standard InChI is InChI=1S/C29H47N3O3/c1-22(2)23(3)18-26-21-30(20-25-10-8-7-9-11-25)16-17-32(26)27(33)19-24-12-14-31(15-13-24)28(34)35-29(4,5)6/h7-11,22-24,26H,12-21H2,1-6H3/t23-,26?/m0/s1. The second-order valence-electron chi connectivity index (χ2n) is 12.0. The van der Waals surface area contributed by atoms with Crippen molar-refractivity contribution < 1.29 is 14.3 Å². The smallest absolute Gasteiger partial charge is 0.410 e. The lowest BCUT2D eigenvalue weighted by atomic mass is 9.88. The van der Waals surface area contributed by atoms with E-state index in [1.807, 2.05) is 20.8 Å². The van der Waals surface area contributed by atoms with Gasteiger partial charge in [0.05, 0.1) is 0 Å². The van der Waals surface area contributed by atoms with Crippen molar-refractivity contribution in [3.63, 3.8) is 0 Å². The molecule has 2 aliphatic rings. The Kier molecular flexibility index (Phi) is 9.62. The summed E-state index contributed by atoms with van der Waals surface area (Å²) in [5.74, 6) is 1.81. The molecule has 0 aromatic heterocycles. The van der Waals surface area contributed by atoms with Gasteiger partial charge in [-0.1, -0.05) is 51.1 Å². The molecule has 3 rings (SSSR count). The molecule has 6 heteroatoms. The number of benzene rings is 1. The molecule has 2 aliphatic heterocycles. The SMILES string of the molecule is CC(C)[C@@H](C)CC1CN(Cc2ccccc2)CCN1C(=O)CC1CCN(C(=O)OC(C)(C)C)CC1. The van der Waals surface area contributed by atoms with Crippen molar-refractivity contribution in [2.45, 2.75) is 85.4 Å². The van der Waals surface area contributed by atoms with E-state index in [4.69, 9.17) is 4.74 Å². The van der Waals surface area contributed by atoms with Crippen LogP contribution >= 0.6 is 0 Å². The quantitative estimate of drug-likeness (QED) is 0.518. The molecule has 0 saturated carbocycles. The molecule has 0 spiro atoms. The minimum absolute atomic E-state index is 0.237. The van der Waals surface area contributed by atoms with Crippen LogP contribution in [-0.2, 0) is 16.1 Å². The first-order valence-corrected chi connectivity index (χ1v) is 13.6. The zero-order chi connectivity index (χ0) is 25.6. The van der Waals surface area contributed by atoms with Gasteiger partial charge in [0.2, 0.25) is 5.91 Å². The maximum atomic E-state index is 13.5. The lowest BCUT2D eigenvalue weighted by Gasteiger charge is -2.43. The number of hydrogen-bond acceptors (Lipinski definition) is 4. The molecule has 6 nitrogen and oxygen atoms in total. The molecule has 1 aromatic carbocycles. The number of carbonyl (C=O) groups is 2. The number of amides is 2. The summed E-state index contributed by atoms with van der Waals surface area (Å²) in [6, 6.07) is 10.9. The largest absolute Gasteiger partial charge is 0.444 e. The van der Waals surface area contributed by atoms with Gasteiger partial charge in [-0.15, -0.1) is 0 Å². The average molecular weight is 486 g/mol. The van der Waals surface area contributed by atoms with Gasteiger partial charge in [0.25, 0.3) is 0 Å². The maximum Gasteiger partial charge on any atom is 0.410 e. The van der Waals surface area contributed by atoms with Crippen molar-refractivity contribution in [1.29, 1.82) is 0 Å². The van der Waals surface area contributed by atoms with E-state index in [1.54, 1.807) is 4.90 Å². The highest BCUT2D eigenvalue weighted by atomic mass is 16.6. The molecule has 196 valence electrons. The molecule has 1 aromatic rings. The summed E-state index contributed by atoms with van der Waals surface area (Å²) in [5, 5.41) is 0. The lowest BCUT2D eigenvalue weighted by molar-refractivity contribution is -0.138. The minimum atomic E-state index is -0.477. The summed E-state index contributed by atoms with van der Waals surface area (Å²) in [6.07, 6.45) is 3.14. The molecule has 2 heterocycles. The second-order valence-corrected chi connectivity index (χ2v) is 12.0. The van der Waals surface area contributed by atoms with Gasteiger partial charge in [0.1, 0.15) is 5.60 Å². The molecular formula is C29H47N3O3. The summed E-state index contributed by atoms with van der Waals surface area (Å²) >= 11 is 0. The van der Waals surface area contributed by atoms with E-state index in [1.165, 1.54) is 5.56 Å². The van der Waals surface area contributed by atoms with Gasteiger partial charge in [-0.25, -0.2) is 4.79 Å². The average Bonchev–Trinajstić information content (AvgIpc) is 2.79. The zero-order valence-corrected chi connectivity index (χ0v) is 22.8. The van der Waals surface area contributed by atoms with Crippen molar-refractivity contribution in [2.24, 2.45) is 17.8 Å². The van der Waals surface area contributed by atoms with Crippen molar-refractivity contribution in [3.05, 3.63) is 35.9 Å². The normalized spacial score (nSPS) is 21.3. The molecule has 0 radical (unpaired) electrons. The van der Waals surface area contributed by atoms with E-state index < -0.39 is 5.60 Å². The van der Waals surface area contributed by atoms with Crippen molar-refractivity contribution in [3.8, 4) is 0 Å². The first-order valence-electron chi connectivity index (χ1n) is 13.6. The van der Waals surface area contributed by atoms with E-state index in [9.17, 15) is 9.59 Å².